The van der Waals surface area contributed by atoms with Crippen LogP contribution in [0, 0.1) is 6.92 Å². The number of thiophene rings is 1. The molecule has 0 aliphatic carbocycles. The Hall–Kier alpha value is -2.50. The normalized spacial score (nSPS) is 10.6. The number of ether oxygens (including phenoxy) is 2. The fourth-order valence-corrected chi connectivity index (χ4v) is 4.38. The summed E-state index contributed by atoms with van der Waals surface area (Å²) in [7, 11) is 1.57. The van der Waals surface area contributed by atoms with Gasteiger partial charge in [-0.05, 0) is 45.0 Å². The highest BCUT2D eigenvalue weighted by molar-refractivity contribution is 7.80. The van der Waals surface area contributed by atoms with Gasteiger partial charge in [-0.25, -0.2) is 4.79 Å². The second kappa shape index (κ2) is 11.8. The van der Waals surface area contributed by atoms with Crippen molar-refractivity contribution in [3.8, 4) is 0 Å². The Morgan fingerprint density at radius 3 is 2.61 bits per heavy atom. The van der Waals surface area contributed by atoms with Crippen molar-refractivity contribution in [3.63, 3.8) is 0 Å². The Bertz CT molecular complexity index is 938. The number of nitrogens with one attached hydrogen (secondary N) is 3. The number of rotatable bonds is 10. The number of nitrogens with zero attached hydrogens (tertiary/aromatic N) is 2. The molecule has 2 rings (SSSR count). The lowest BCUT2D eigenvalue weighted by molar-refractivity contribution is 0.0526. The molecule has 0 saturated heterocycles. The maximum absolute atomic E-state index is 12.5. The van der Waals surface area contributed by atoms with Gasteiger partial charge in [-0.2, -0.15) is 5.10 Å². The van der Waals surface area contributed by atoms with Crippen LogP contribution >= 0.6 is 23.6 Å². The second-order valence-electron chi connectivity index (χ2n) is 6.49. The van der Waals surface area contributed by atoms with E-state index in [0.29, 0.717) is 42.4 Å². The minimum atomic E-state index is -0.383. The molecule has 0 saturated carbocycles. The van der Waals surface area contributed by atoms with Gasteiger partial charge in [0.15, 0.2) is 10.8 Å². The quantitative estimate of drug-likeness (QED) is 0.278. The fraction of sp³-hybridized carbons (Fsp3) is 0.500. The summed E-state index contributed by atoms with van der Waals surface area (Å²) in [6, 6.07) is 0. The third-order valence-electron chi connectivity index (χ3n) is 4.41. The van der Waals surface area contributed by atoms with Gasteiger partial charge >= 0.3 is 5.97 Å². The molecule has 0 fully saturated rings. The number of hydrogen-bond donors (Lipinski definition) is 3. The van der Waals surface area contributed by atoms with E-state index < -0.39 is 0 Å². The summed E-state index contributed by atoms with van der Waals surface area (Å²) in [5.74, 6) is -0.715. The zero-order chi connectivity index (χ0) is 23.0. The van der Waals surface area contributed by atoms with Crippen molar-refractivity contribution >= 4 is 51.2 Å². The minimum absolute atomic E-state index is 0.226. The van der Waals surface area contributed by atoms with Gasteiger partial charge in [0.1, 0.15) is 5.00 Å². The molecule has 0 atom stereocenters. The highest BCUT2D eigenvalue weighted by atomic mass is 32.1. The van der Waals surface area contributed by atoms with Crippen molar-refractivity contribution < 1.29 is 19.1 Å². The van der Waals surface area contributed by atoms with Crippen molar-refractivity contribution in [3.05, 3.63) is 27.9 Å². The summed E-state index contributed by atoms with van der Waals surface area (Å²) in [5.41, 5.74) is 2.13. The molecule has 31 heavy (non-hydrogen) atoms. The van der Waals surface area contributed by atoms with Crippen LogP contribution in [-0.2, 0) is 22.4 Å². The standard InChI is InChI=1S/C20H29N5O4S2/c1-6-13-12(4)31-18(15(13)19(27)29-8-3)23-20(30)22-14-11-25(7-2)24-16(14)17(26)21-9-10-28-5/h11H,6-10H2,1-5H3,(H,21,26)(H2,22,23,30). The molecule has 0 aliphatic rings. The summed E-state index contributed by atoms with van der Waals surface area (Å²) < 4.78 is 11.8. The predicted octanol–water partition coefficient (Wildman–Crippen LogP) is 3.20. The SMILES string of the molecule is CCOC(=O)c1c(NC(=S)Nc2cn(CC)nc2C(=O)NCCOC)sc(C)c1CC. The van der Waals surface area contributed by atoms with Gasteiger partial charge in [-0.15, -0.1) is 11.3 Å². The van der Waals surface area contributed by atoms with Crippen LogP contribution in [0.4, 0.5) is 10.7 Å². The van der Waals surface area contributed by atoms with Crippen LogP contribution in [0.1, 0.15) is 52.1 Å². The first kappa shape index (κ1) is 24.8. The average molecular weight is 468 g/mol. The lowest BCUT2D eigenvalue weighted by Crippen LogP contribution is -2.29. The van der Waals surface area contributed by atoms with Gasteiger partial charge in [0.2, 0.25) is 0 Å². The van der Waals surface area contributed by atoms with Crippen molar-refractivity contribution in [2.24, 2.45) is 0 Å². The van der Waals surface area contributed by atoms with Gasteiger partial charge in [-0.3, -0.25) is 9.48 Å². The molecule has 0 aromatic carbocycles. The first-order valence-electron chi connectivity index (χ1n) is 10.1. The summed E-state index contributed by atoms with van der Waals surface area (Å²) in [6.07, 6.45) is 2.41. The van der Waals surface area contributed by atoms with E-state index in [-0.39, 0.29) is 29.3 Å². The van der Waals surface area contributed by atoms with Crippen LogP contribution in [0.5, 0.6) is 0 Å². The molecule has 3 N–H and O–H groups in total. The number of thiocarbonyl (C=S) groups is 1. The molecule has 9 nitrogen and oxygen atoms in total. The van der Waals surface area contributed by atoms with Gasteiger partial charge in [0.05, 0.1) is 24.5 Å². The lowest BCUT2D eigenvalue weighted by Gasteiger charge is -2.11. The fourth-order valence-electron chi connectivity index (χ4n) is 2.96. The number of esters is 1. The van der Waals surface area contributed by atoms with Crippen LogP contribution < -0.4 is 16.0 Å². The molecule has 0 unspecified atom stereocenters. The van der Waals surface area contributed by atoms with Gasteiger partial charge in [0, 0.05) is 31.3 Å². The molecule has 2 aromatic heterocycles. The molecule has 0 aliphatic heterocycles. The summed E-state index contributed by atoms with van der Waals surface area (Å²) in [5, 5.41) is 14.0. The molecule has 2 aromatic rings. The van der Waals surface area contributed by atoms with E-state index in [1.165, 1.54) is 11.3 Å². The highest BCUT2D eigenvalue weighted by Crippen LogP contribution is 2.34. The molecule has 0 radical (unpaired) electrons. The lowest BCUT2D eigenvalue weighted by atomic mass is 10.1. The number of aryl methyl sites for hydroxylation is 2. The first-order chi connectivity index (χ1) is 14.9. The zero-order valence-electron chi connectivity index (χ0n) is 18.5. The number of anilines is 2. The zero-order valence-corrected chi connectivity index (χ0v) is 20.1. The third kappa shape index (κ3) is 6.25. The average Bonchev–Trinajstić information content (AvgIpc) is 3.28. The molecule has 2 heterocycles. The van der Waals surface area contributed by atoms with Crippen LogP contribution in [-0.4, -0.2) is 53.6 Å². The Morgan fingerprint density at radius 1 is 1.26 bits per heavy atom. The number of aromatic nitrogens is 2. The molecular formula is C20H29N5O4S2. The van der Waals surface area contributed by atoms with E-state index in [4.69, 9.17) is 21.7 Å². The summed E-state index contributed by atoms with van der Waals surface area (Å²) >= 11 is 6.90. The molecule has 0 spiro atoms. The second-order valence-corrected chi connectivity index (χ2v) is 8.12. The van der Waals surface area contributed by atoms with E-state index in [2.05, 4.69) is 21.0 Å². The van der Waals surface area contributed by atoms with Crippen molar-refractivity contribution in [1.29, 1.82) is 0 Å². The Kier molecular flexibility index (Phi) is 9.41. The third-order valence-corrected chi connectivity index (χ3v) is 5.68. The number of carbonyl (C=O) groups is 2. The van der Waals surface area contributed by atoms with E-state index in [1.807, 2.05) is 20.8 Å². The molecule has 11 heteroatoms. The minimum Gasteiger partial charge on any atom is -0.462 e. The van der Waals surface area contributed by atoms with E-state index in [1.54, 1.807) is 24.9 Å². The largest absolute Gasteiger partial charge is 0.462 e. The highest BCUT2D eigenvalue weighted by Gasteiger charge is 2.23. The topological polar surface area (TPSA) is 107 Å². The van der Waals surface area contributed by atoms with Crippen LogP contribution in [0.15, 0.2) is 6.20 Å². The predicted molar refractivity (Wildman–Crippen MR) is 126 cm³/mol. The number of carbonyl (C=O) groups excluding carboxylic acids is 2. The Morgan fingerprint density at radius 2 is 2.00 bits per heavy atom. The van der Waals surface area contributed by atoms with E-state index in [0.717, 1.165) is 10.4 Å². The maximum atomic E-state index is 12.5. The smallest absolute Gasteiger partial charge is 0.341 e. The monoisotopic (exact) mass is 467 g/mol. The Labute approximate surface area is 191 Å². The van der Waals surface area contributed by atoms with Gasteiger partial charge in [0.25, 0.3) is 5.91 Å². The van der Waals surface area contributed by atoms with Crippen LogP contribution in [0.25, 0.3) is 0 Å². The van der Waals surface area contributed by atoms with Crippen molar-refractivity contribution in [1.82, 2.24) is 15.1 Å². The Balaban J connectivity index is 2.22. The van der Waals surface area contributed by atoms with Gasteiger partial charge in [-0.1, -0.05) is 6.92 Å². The number of methoxy groups -OCH3 is 1. The van der Waals surface area contributed by atoms with Crippen LogP contribution in [0.2, 0.25) is 0 Å². The summed E-state index contributed by atoms with van der Waals surface area (Å²) in [6.45, 7) is 9.30. The maximum Gasteiger partial charge on any atom is 0.341 e. The number of hydrogen-bond acceptors (Lipinski definition) is 7. The van der Waals surface area contributed by atoms with E-state index >= 15 is 0 Å². The van der Waals surface area contributed by atoms with Crippen LogP contribution in [0.3, 0.4) is 0 Å². The number of amides is 1. The first-order valence-corrected chi connectivity index (χ1v) is 11.3. The molecule has 170 valence electrons. The summed E-state index contributed by atoms with van der Waals surface area (Å²) in [4.78, 5) is 26.0. The van der Waals surface area contributed by atoms with Crippen molar-refractivity contribution in [2.45, 2.75) is 40.7 Å². The molecule has 1 amide bonds. The molecule has 0 bridgehead atoms. The van der Waals surface area contributed by atoms with Gasteiger partial charge < -0.3 is 25.4 Å². The van der Waals surface area contributed by atoms with E-state index in [9.17, 15) is 9.59 Å². The van der Waals surface area contributed by atoms with Crippen molar-refractivity contribution in [2.75, 3.05) is 37.5 Å². The molecular weight excluding hydrogens is 438 g/mol.